The molecule has 100 valence electrons. The van der Waals surface area contributed by atoms with E-state index in [2.05, 4.69) is 11.9 Å². The van der Waals surface area contributed by atoms with Crippen LogP contribution in [0.25, 0.3) is 0 Å². The van der Waals surface area contributed by atoms with E-state index >= 15 is 0 Å². The van der Waals surface area contributed by atoms with Crippen molar-refractivity contribution in [2.24, 2.45) is 5.92 Å². The van der Waals surface area contributed by atoms with Crippen molar-refractivity contribution in [1.29, 1.82) is 0 Å². The molecule has 0 heterocycles. The van der Waals surface area contributed by atoms with Gasteiger partial charge in [0.1, 0.15) is 0 Å². The van der Waals surface area contributed by atoms with Gasteiger partial charge in [-0.1, -0.05) is 6.92 Å². The van der Waals surface area contributed by atoms with E-state index in [1.54, 1.807) is 7.11 Å². The van der Waals surface area contributed by atoms with Gasteiger partial charge in [0.15, 0.2) is 0 Å². The van der Waals surface area contributed by atoms with E-state index in [0.717, 1.165) is 19.4 Å². The van der Waals surface area contributed by atoms with E-state index in [-0.39, 0.29) is 11.9 Å². The minimum atomic E-state index is -0.129. The molecule has 0 radical (unpaired) electrons. The topological polar surface area (TPSA) is 38.8 Å². The van der Waals surface area contributed by atoms with Crippen LogP contribution in [0.4, 0.5) is 0 Å². The summed E-state index contributed by atoms with van der Waals surface area (Å²) in [6.07, 6.45) is 5.02. The highest BCUT2D eigenvalue weighted by Crippen LogP contribution is 2.24. The number of hydrogen-bond donors (Lipinski definition) is 0. The fourth-order valence-corrected chi connectivity index (χ4v) is 2.59. The molecule has 1 saturated carbocycles. The average molecular weight is 243 g/mol. The fourth-order valence-electron chi connectivity index (χ4n) is 2.59. The molecule has 0 spiro atoms. The van der Waals surface area contributed by atoms with Crippen LogP contribution in [-0.2, 0) is 14.3 Å². The van der Waals surface area contributed by atoms with Crippen molar-refractivity contribution in [2.75, 3.05) is 27.8 Å². The first-order valence-electron chi connectivity index (χ1n) is 6.39. The van der Waals surface area contributed by atoms with Gasteiger partial charge in [0.2, 0.25) is 0 Å². The standard InChI is InChI=1S/C13H25NO3/c1-10(13(15)17-4)9-14(2)11-6-5-7-12(8-11)16-3/h10-12H,5-9H2,1-4H3. The van der Waals surface area contributed by atoms with E-state index in [9.17, 15) is 4.79 Å². The Morgan fingerprint density at radius 1 is 1.41 bits per heavy atom. The summed E-state index contributed by atoms with van der Waals surface area (Å²) < 4.78 is 10.2. The van der Waals surface area contributed by atoms with Gasteiger partial charge >= 0.3 is 5.97 Å². The Hall–Kier alpha value is -0.610. The molecular weight excluding hydrogens is 218 g/mol. The van der Waals surface area contributed by atoms with Gasteiger partial charge in [-0.2, -0.15) is 0 Å². The van der Waals surface area contributed by atoms with Gasteiger partial charge in [0.05, 0.1) is 19.1 Å². The Morgan fingerprint density at radius 2 is 2.12 bits per heavy atom. The van der Waals surface area contributed by atoms with Gasteiger partial charge in [-0.3, -0.25) is 4.79 Å². The molecule has 1 rings (SSSR count). The smallest absolute Gasteiger partial charge is 0.309 e. The van der Waals surface area contributed by atoms with Gasteiger partial charge in [-0.15, -0.1) is 0 Å². The molecular formula is C13H25NO3. The highest BCUT2D eigenvalue weighted by atomic mass is 16.5. The van der Waals surface area contributed by atoms with Crippen molar-refractivity contribution < 1.29 is 14.3 Å². The molecule has 0 aromatic heterocycles. The molecule has 3 atom stereocenters. The Balaban J connectivity index is 2.41. The minimum Gasteiger partial charge on any atom is -0.469 e. The van der Waals surface area contributed by atoms with Crippen LogP contribution in [0, 0.1) is 5.92 Å². The summed E-state index contributed by atoms with van der Waals surface area (Å²) in [5.74, 6) is -0.191. The molecule has 17 heavy (non-hydrogen) atoms. The van der Waals surface area contributed by atoms with Crippen LogP contribution in [0.1, 0.15) is 32.6 Å². The molecule has 0 bridgehead atoms. The van der Waals surface area contributed by atoms with Crippen LogP contribution in [0.5, 0.6) is 0 Å². The molecule has 0 aromatic rings. The SMILES string of the molecule is COC(=O)C(C)CN(C)C1CCCC(OC)C1. The number of rotatable bonds is 5. The van der Waals surface area contributed by atoms with Gasteiger partial charge in [-0.25, -0.2) is 0 Å². The van der Waals surface area contributed by atoms with E-state index in [4.69, 9.17) is 9.47 Å². The molecule has 0 aromatic carbocycles. The van der Waals surface area contributed by atoms with Crippen LogP contribution in [-0.4, -0.2) is 50.8 Å². The molecule has 3 unspecified atom stereocenters. The molecule has 0 amide bonds. The summed E-state index contributed by atoms with van der Waals surface area (Å²) in [5.41, 5.74) is 0. The number of carbonyl (C=O) groups is 1. The number of methoxy groups -OCH3 is 2. The summed E-state index contributed by atoms with van der Waals surface area (Å²) in [6.45, 7) is 2.67. The quantitative estimate of drug-likeness (QED) is 0.689. The molecule has 4 heteroatoms. The number of esters is 1. The normalized spacial score (nSPS) is 26.9. The Kier molecular flexibility index (Phi) is 5.92. The second kappa shape index (κ2) is 6.97. The number of ether oxygens (including phenoxy) is 2. The lowest BCUT2D eigenvalue weighted by molar-refractivity contribution is -0.145. The lowest BCUT2D eigenvalue weighted by atomic mass is 9.91. The summed E-state index contributed by atoms with van der Waals surface area (Å²) in [5, 5.41) is 0. The van der Waals surface area contributed by atoms with Crippen molar-refractivity contribution in [2.45, 2.75) is 44.8 Å². The first-order chi connectivity index (χ1) is 8.08. The zero-order valence-electron chi connectivity index (χ0n) is 11.4. The highest BCUT2D eigenvalue weighted by molar-refractivity contribution is 5.72. The van der Waals surface area contributed by atoms with E-state index < -0.39 is 0 Å². The zero-order valence-corrected chi connectivity index (χ0v) is 11.4. The first-order valence-corrected chi connectivity index (χ1v) is 6.39. The van der Waals surface area contributed by atoms with Crippen LogP contribution in [0.3, 0.4) is 0 Å². The molecule has 0 N–H and O–H groups in total. The minimum absolute atomic E-state index is 0.0621. The third-order valence-electron chi connectivity index (χ3n) is 3.72. The van der Waals surface area contributed by atoms with Crippen molar-refractivity contribution in [3.05, 3.63) is 0 Å². The predicted molar refractivity (Wildman–Crippen MR) is 66.9 cm³/mol. The zero-order chi connectivity index (χ0) is 12.8. The van der Waals surface area contributed by atoms with Gasteiger partial charge in [0.25, 0.3) is 0 Å². The predicted octanol–water partition coefficient (Wildman–Crippen LogP) is 1.68. The Labute approximate surface area is 104 Å². The van der Waals surface area contributed by atoms with E-state index in [0.29, 0.717) is 12.1 Å². The first kappa shape index (κ1) is 14.5. The van der Waals surface area contributed by atoms with Gasteiger partial charge in [-0.05, 0) is 32.7 Å². The largest absolute Gasteiger partial charge is 0.469 e. The lowest BCUT2D eigenvalue weighted by Crippen LogP contribution is -2.41. The summed E-state index contributed by atoms with van der Waals surface area (Å²) >= 11 is 0. The molecule has 0 saturated heterocycles. The molecule has 4 nitrogen and oxygen atoms in total. The summed E-state index contributed by atoms with van der Waals surface area (Å²) in [7, 11) is 5.31. The highest BCUT2D eigenvalue weighted by Gasteiger charge is 2.26. The lowest BCUT2D eigenvalue weighted by Gasteiger charge is -2.35. The van der Waals surface area contributed by atoms with Crippen LogP contribution in [0.2, 0.25) is 0 Å². The Bertz CT molecular complexity index is 245. The van der Waals surface area contributed by atoms with Crippen LogP contribution < -0.4 is 0 Å². The second-order valence-corrected chi connectivity index (χ2v) is 5.04. The second-order valence-electron chi connectivity index (χ2n) is 5.04. The summed E-state index contributed by atoms with van der Waals surface area (Å²) in [6, 6.07) is 0.529. The van der Waals surface area contributed by atoms with Crippen molar-refractivity contribution >= 4 is 5.97 Å². The van der Waals surface area contributed by atoms with Crippen molar-refractivity contribution in [3.8, 4) is 0 Å². The van der Waals surface area contributed by atoms with Gasteiger partial charge in [0, 0.05) is 19.7 Å². The number of nitrogens with zero attached hydrogens (tertiary/aromatic N) is 1. The molecule has 1 aliphatic carbocycles. The van der Waals surface area contributed by atoms with Crippen LogP contribution in [0.15, 0.2) is 0 Å². The molecule has 0 aliphatic heterocycles. The fraction of sp³-hybridized carbons (Fsp3) is 0.923. The maximum atomic E-state index is 11.4. The molecule has 1 aliphatic rings. The monoisotopic (exact) mass is 243 g/mol. The summed E-state index contributed by atoms with van der Waals surface area (Å²) in [4.78, 5) is 13.6. The third kappa shape index (κ3) is 4.28. The Morgan fingerprint density at radius 3 is 2.71 bits per heavy atom. The van der Waals surface area contributed by atoms with Crippen LogP contribution >= 0.6 is 0 Å². The van der Waals surface area contributed by atoms with Crippen molar-refractivity contribution in [1.82, 2.24) is 4.90 Å². The maximum absolute atomic E-state index is 11.4. The number of hydrogen-bond acceptors (Lipinski definition) is 4. The van der Waals surface area contributed by atoms with Crippen molar-refractivity contribution in [3.63, 3.8) is 0 Å². The third-order valence-corrected chi connectivity index (χ3v) is 3.72. The van der Waals surface area contributed by atoms with E-state index in [1.807, 2.05) is 6.92 Å². The average Bonchev–Trinajstić information content (AvgIpc) is 2.37. The number of carbonyl (C=O) groups excluding carboxylic acids is 1. The van der Waals surface area contributed by atoms with E-state index in [1.165, 1.54) is 20.0 Å². The maximum Gasteiger partial charge on any atom is 0.309 e. The van der Waals surface area contributed by atoms with Gasteiger partial charge < -0.3 is 14.4 Å². The molecule has 1 fully saturated rings.